The molecule has 1 atom stereocenters. The molecule has 0 radical (unpaired) electrons. The molecule has 0 bridgehead atoms. The number of carbonyl (C=O) groups excluding carboxylic acids is 2. The highest BCUT2D eigenvalue weighted by molar-refractivity contribution is 5.33. The van der Waals surface area contributed by atoms with E-state index in [0.717, 1.165) is 25.7 Å². The third-order valence-electron chi connectivity index (χ3n) is 2.98. The summed E-state index contributed by atoms with van der Waals surface area (Å²) in [5, 5.41) is 0. The molecule has 4 heteroatoms. The SMILES string of the molecule is CC(CCCCCCCCCCN=C=O)N=C=O. The molecule has 0 heterocycles. The first-order valence-corrected chi connectivity index (χ1v) is 6.92. The van der Waals surface area contributed by atoms with Crippen LogP contribution < -0.4 is 0 Å². The van der Waals surface area contributed by atoms with Crippen LogP contribution in [-0.4, -0.2) is 24.7 Å². The van der Waals surface area contributed by atoms with Crippen molar-refractivity contribution < 1.29 is 9.59 Å². The van der Waals surface area contributed by atoms with E-state index in [9.17, 15) is 9.59 Å². The van der Waals surface area contributed by atoms with E-state index < -0.39 is 0 Å². The number of isocyanates is 2. The van der Waals surface area contributed by atoms with Gasteiger partial charge in [-0.25, -0.2) is 19.6 Å². The predicted octanol–water partition coefficient (Wildman–Crippen LogP) is 3.56. The van der Waals surface area contributed by atoms with Gasteiger partial charge in [-0.2, -0.15) is 0 Å². The molecule has 0 aliphatic carbocycles. The molecule has 0 fully saturated rings. The standard InChI is InChI=1S/C14H24N2O2/c1-14(16-13-18)10-8-6-4-2-3-5-7-9-11-15-12-17/h14H,2-11H2,1H3. The highest BCUT2D eigenvalue weighted by Gasteiger charge is 1.98. The normalized spacial score (nSPS) is 11.4. The van der Waals surface area contributed by atoms with Gasteiger partial charge in [-0.15, -0.1) is 0 Å². The van der Waals surface area contributed by atoms with E-state index >= 15 is 0 Å². The molecule has 0 spiro atoms. The Bertz CT molecular complexity index is 280. The average Bonchev–Trinajstić information content (AvgIpc) is 2.36. The average molecular weight is 252 g/mol. The number of hydrogen-bond donors (Lipinski definition) is 0. The van der Waals surface area contributed by atoms with Gasteiger partial charge in [0.05, 0.1) is 12.6 Å². The Balaban J connectivity index is 3.11. The van der Waals surface area contributed by atoms with Gasteiger partial charge in [0.1, 0.15) is 0 Å². The summed E-state index contributed by atoms with van der Waals surface area (Å²) in [5.41, 5.74) is 0. The molecule has 0 saturated heterocycles. The Kier molecular flexibility index (Phi) is 12.9. The second-order valence-electron chi connectivity index (χ2n) is 4.66. The highest BCUT2D eigenvalue weighted by atomic mass is 16.1. The summed E-state index contributed by atoms with van der Waals surface area (Å²) in [6.45, 7) is 2.57. The third kappa shape index (κ3) is 12.8. The van der Waals surface area contributed by atoms with Crippen LogP contribution in [0.3, 0.4) is 0 Å². The molecule has 4 nitrogen and oxygen atoms in total. The van der Waals surface area contributed by atoms with E-state index in [4.69, 9.17) is 0 Å². The number of unbranched alkanes of at least 4 members (excludes halogenated alkanes) is 7. The topological polar surface area (TPSA) is 58.9 Å². The smallest absolute Gasteiger partial charge is 0.211 e. The maximum absolute atomic E-state index is 10.00. The molecule has 0 aromatic rings. The fraction of sp³-hybridized carbons (Fsp3) is 0.857. The summed E-state index contributed by atoms with van der Waals surface area (Å²) in [5.74, 6) is 0. The van der Waals surface area contributed by atoms with Gasteiger partial charge in [0.2, 0.25) is 12.2 Å². The second-order valence-corrected chi connectivity index (χ2v) is 4.66. The molecule has 0 amide bonds. The molecule has 0 N–H and O–H groups in total. The number of aliphatic imine (C=N–C) groups is 2. The van der Waals surface area contributed by atoms with Crippen molar-refractivity contribution >= 4 is 12.2 Å². The van der Waals surface area contributed by atoms with E-state index in [0.29, 0.717) is 6.54 Å². The first-order valence-electron chi connectivity index (χ1n) is 6.92. The molecule has 0 aromatic carbocycles. The summed E-state index contributed by atoms with van der Waals surface area (Å²) in [6, 6.07) is 0.126. The van der Waals surface area contributed by atoms with Crippen LogP contribution in [0.15, 0.2) is 9.98 Å². The summed E-state index contributed by atoms with van der Waals surface area (Å²) < 4.78 is 0. The van der Waals surface area contributed by atoms with E-state index in [1.807, 2.05) is 6.92 Å². The van der Waals surface area contributed by atoms with Gasteiger partial charge in [0.15, 0.2) is 0 Å². The highest BCUT2D eigenvalue weighted by Crippen LogP contribution is 2.11. The molecule has 0 aliphatic rings. The molecular weight excluding hydrogens is 228 g/mol. The van der Waals surface area contributed by atoms with Gasteiger partial charge in [0.25, 0.3) is 0 Å². The summed E-state index contributed by atoms with van der Waals surface area (Å²) in [4.78, 5) is 27.0. The van der Waals surface area contributed by atoms with E-state index in [1.165, 1.54) is 32.1 Å². The zero-order valence-corrected chi connectivity index (χ0v) is 11.4. The molecule has 18 heavy (non-hydrogen) atoms. The van der Waals surface area contributed by atoms with Crippen LogP contribution in [0, 0.1) is 0 Å². The van der Waals surface area contributed by atoms with Crippen LogP contribution >= 0.6 is 0 Å². The second kappa shape index (κ2) is 13.8. The summed E-state index contributed by atoms with van der Waals surface area (Å²) >= 11 is 0. The molecule has 0 saturated carbocycles. The quantitative estimate of drug-likeness (QED) is 0.303. The zero-order chi connectivity index (χ0) is 13.5. The van der Waals surface area contributed by atoms with Crippen molar-refractivity contribution in [3.05, 3.63) is 0 Å². The molecular formula is C14H24N2O2. The molecule has 1 unspecified atom stereocenters. The van der Waals surface area contributed by atoms with Crippen LogP contribution in [0.5, 0.6) is 0 Å². The molecule has 102 valence electrons. The molecule has 0 aromatic heterocycles. The fourth-order valence-electron chi connectivity index (χ4n) is 1.89. The van der Waals surface area contributed by atoms with Crippen LogP contribution in [0.4, 0.5) is 0 Å². The van der Waals surface area contributed by atoms with Gasteiger partial charge in [-0.05, 0) is 19.8 Å². The van der Waals surface area contributed by atoms with Gasteiger partial charge in [0, 0.05) is 0 Å². The lowest BCUT2D eigenvalue weighted by Gasteiger charge is -2.04. The van der Waals surface area contributed by atoms with Gasteiger partial charge >= 0.3 is 0 Å². The first-order chi connectivity index (χ1) is 8.81. The van der Waals surface area contributed by atoms with Crippen LogP contribution in [-0.2, 0) is 9.59 Å². The van der Waals surface area contributed by atoms with E-state index in [1.54, 1.807) is 12.2 Å². The molecule has 0 rings (SSSR count). The Morgan fingerprint density at radius 2 is 1.39 bits per heavy atom. The lowest BCUT2D eigenvalue weighted by atomic mass is 10.1. The Morgan fingerprint density at radius 1 is 0.833 bits per heavy atom. The van der Waals surface area contributed by atoms with Crippen molar-refractivity contribution in [2.24, 2.45) is 9.98 Å². The summed E-state index contributed by atoms with van der Waals surface area (Å²) in [6.07, 6.45) is 13.6. The monoisotopic (exact) mass is 252 g/mol. The van der Waals surface area contributed by atoms with Gasteiger partial charge < -0.3 is 0 Å². The van der Waals surface area contributed by atoms with Crippen LogP contribution in [0.1, 0.15) is 64.7 Å². The Morgan fingerprint density at radius 3 is 1.94 bits per heavy atom. The van der Waals surface area contributed by atoms with Crippen molar-refractivity contribution in [2.75, 3.05) is 6.54 Å². The fourth-order valence-corrected chi connectivity index (χ4v) is 1.89. The minimum Gasteiger partial charge on any atom is -0.211 e. The number of hydrogen-bond acceptors (Lipinski definition) is 4. The minimum atomic E-state index is 0.126. The lowest BCUT2D eigenvalue weighted by Crippen LogP contribution is -1.96. The Labute approximate surface area is 110 Å². The maximum Gasteiger partial charge on any atom is 0.235 e. The van der Waals surface area contributed by atoms with Crippen molar-refractivity contribution in [1.29, 1.82) is 0 Å². The van der Waals surface area contributed by atoms with Crippen molar-refractivity contribution in [1.82, 2.24) is 0 Å². The number of rotatable bonds is 12. The summed E-state index contributed by atoms with van der Waals surface area (Å²) in [7, 11) is 0. The third-order valence-corrected chi connectivity index (χ3v) is 2.98. The van der Waals surface area contributed by atoms with Gasteiger partial charge in [-0.3, -0.25) is 0 Å². The predicted molar refractivity (Wildman–Crippen MR) is 72.1 cm³/mol. The van der Waals surface area contributed by atoms with E-state index in [2.05, 4.69) is 9.98 Å². The van der Waals surface area contributed by atoms with Crippen LogP contribution in [0.25, 0.3) is 0 Å². The first kappa shape index (κ1) is 16.8. The van der Waals surface area contributed by atoms with Crippen LogP contribution in [0.2, 0.25) is 0 Å². The number of nitrogens with zero attached hydrogens (tertiary/aromatic N) is 2. The minimum absolute atomic E-state index is 0.126. The largest absolute Gasteiger partial charge is 0.235 e. The van der Waals surface area contributed by atoms with Crippen molar-refractivity contribution in [3.8, 4) is 0 Å². The van der Waals surface area contributed by atoms with Gasteiger partial charge in [-0.1, -0.05) is 44.9 Å². The van der Waals surface area contributed by atoms with Crippen molar-refractivity contribution in [2.45, 2.75) is 70.8 Å². The maximum atomic E-state index is 10.00. The van der Waals surface area contributed by atoms with Crippen molar-refractivity contribution in [3.63, 3.8) is 0 Å². The molecule has 0 aliphatic heterocycles. The zero-order valence-electron chi connectivity index (χ0n) is 11.4. The lowest BCUT2D eigenvalue weighted by molar-refractivity contribution is 0.530. The van der Waals surface area contributed by atoms with E-state index in [-0.39, 0.29) is 6.04 Å². The Hall–Kier alpha value is -1.24.